The maximum atomic E-state index is 6.04. The first kappa shape index (κ1) is 28.5. The van der Waals surface area contributed by atoms with Crippen molar-refractivity contribution < 1.29 is 0 Å². The van der Waals surface area contributed by atoms with Gasteiger partial charge in [0.1, 0.15) is 0 Å². The molecular formula is C37H46N2. The molecular weight excluding hydrogens is 472 g/mol. The third kappa shape index (κ3) is 7.32. The molecule has 0 radical (unpaired) electrons. The Morgan fingerprint density at radius 1 is 0.538 bits per heavy atom. The monoisotopic (exact) mass is 518 g/mol. The van der Waals surface area contributed by atoms with Gasteiger partial charge in [-0.1, -0.05) is 100 Å². The molecule has 4 rings (SSSR count). The predicted octanol–water partition coefficient (Wildman–Crippen LogP) is 9.70. The van der Waals surface area contributed by atoms with Crippen molar-refractivity contribution in [2.24, 2.45) is 0 Å². The number of nitrogens with two attached hydrogens (primary N) is 2. The molecule has 0 saturated heterocycles. The second-order valence-corrected chi connectivity index (χ2v) is 11.3. The largest absolute Gasteiger partial charge is 0.399 e. The van der Waals surface area contributed by atoms with Crippen LogP contribution in [0, 0.1) is 13.8 Å². The van der Waals surface area contributed by atoms with E-state index in [-0.39, 0.29) is 0 Å². The Hall–Kier alpha value is -3.52. The zero-order chi connectivity index (χ0) is 27.8. The van der Waals surface area contributed by atoms with Crippen LogP contribution >= 0.6 is 0 Å². The van der Waals surface area contributed by atoms with Crippen molar-refractivity contribution in [2.45, 2.75) is 84.5 Å². The number of unbranched alkanes of at least 4 members (excludes halogenated alkanes) is 2. The van der Waals surface area contributed by atoms with Crippen LogP contribution < -0.4 is 11.5 Å². The van der Waals surface area contributed by atoms with Gasteiger partial charge in [-0.15, -0.1) is 0 Å². The summed E-state index contributed by atoms with van der Waals surface area (Å²) in [7, 11) is 0. The normalized spacial score (nSPS) is 12.8. The van der Waals surface area contributed by atoms with E-state index in [2.05, 4.69) is 100 Å². The molecule has 0 aromatic heterocycles. The van der Waals surface area contributed by atoms with E-state index in [1.165, 1.54) is 70.2 Å². The Morgan fingerprint density at radius 2 is 0.923 bits per heavy atom. The number of rotatable bonds is 12. The molecule has 0 heterocycles. The minimum absolute atomic E-state index is 0.413. The fourth-order valence-corrected chi connectivity index (χ4v) is 5.97. The summed E-state index contributed by atoms with van der Waals surface area (Å²) in [6.45, 7) is 8.91. The highest BCUT2D eigenvalue weighted by atomic mass is 14.5. The molecule has 0 saturated carbocycles. The van der Waals surface area contributed by atoms with Gasteiger partial charge in [-0.25, -0.2) is 0 Å². The number of benzene rings is 4. The first-order valence-electron chi connectivity index (χ1n) is 14.8. The maximum Gasteiger partial charge on any atom is 0.0316 e. The number of aryl methyl sites for hydroxylation is 2. The van der Waals surface area contributed by atoms with Gasteiger partial charge < -0.3 is 11.5 Å². The van der Waals surface area contributed by atoms with E-state index in [4.69, 9.17) is 11.5 Å². The van der Waals surface area contributed by atoms with E-state index in [1.54, 1.807) is 0 Å². The summed E-state index contributed by atoms with van der Waals surface area (Å²) < 4.78 is 0. The van der Waals surface area contributed by atoms with Crippen LogP contribution in [-0.4, -0.2) is 0 Å². The molecule has 4 N–H and O–H groups in total. The van der Waals surface area contributed by atoms with Crippen molar-refractivity contribution in [3.8, 4) is 0 Å². The lowest BCUT2D eigenvalue weighted by Crippen LogP contribution is -2.05. The van der Waals surface area contributed by atoms with Crippen LogP contribution in [0.3, 0.4) is 0 Å². The van der Waals surface area contributed by atoms with E-state index in [9.17, 15) is 0 Å². The van der Waals surface area contributed by atoms with Crippen LogP contribution in [0.2, 0.25) is 0 Å². The lowest BCUT2D eigenvalue weighted by Gasteiger charge is -2.21. The zero-order valence-corrected chi connectivity index (χ0v) is 24.3. The topological polar surface area (TPSA) is 52.0 Å². The van der Waals surface area contributed by atoms with Gasteiger partial charge in [0.15, 0.2) is 0 Å². The van der Waals surface area contributed by atoms with Crippen LogP contribution in [0.4, 0.5) is 11.4 Å². The molecule has 0 amide bonds. The van der Waals surface area contributed by atoms with Crippen molar-refractivity contribution in [1.29, 1.82) is 0 Å². The molecule has 2 atom stereocenters. The SMILES string of the molecule is CCCCC(c1ccc(Cc2ccc(C(CCCC)c3ccc(N)cc3C)cc2)cc1)c1ccc(N)cc1C. The number of anilines is 2. The van der Waals surface area contributed by atoms with Gasteiger partial charge in [-0.3, -0.25) is 0 Å². The Labute approximate surface area is 236 Å². The van der Waals surface area contributed by atoms with Gasteiger partial charge in [0.25, 0.3) is 0 Å². The minimum Gasteiger partial charge on any atom is -0.399 e. The fraction of sp³-hybridized carbons (Fsp3) is 0.351. The summed E-state index contributed by atoms with van der Waals surface area (Å²) in [4.78, 5) is 0. The smallest absolute Gasteiger partial charge is 0.0316 e. The third-order valence-electron chi connectivity index (χ3n) is 8.20. The Balaban J connectivity index is 1.51. The lowest BCUT2D eigenvalue weighted by atomic mass is 9.83. The Kier molecular flexibility index (Phi) is 9.87. The highest BCUT2D eigenvalue weighted by molar-refractivity contribution is 5.49. The summed E-state index contributed by atoms with van der Waals surface area (Å²) in [5.74, 6) is 0.825. The molecule has 0 aliphatic heterocycles. The summed E-state index contributed by atoms with van der Waals surface area (Å²) in [6, 6.07) is 31.4. The van der Waals surface area contributed by atoms with Crippen LogP contribution in [0.25, 0.3) is 0 Å². The van der Waals surface area contributed by atoms with Gasteiger partial charge in [0.05, 0.1) is 0 Å². The molecule has 0 bridgehead atoms. The minimum atomic E-state index is 0.413. The Morgan fingerprint density at radius 3 is 1.26 bits per heavy atom. The van der Waals surface area contributed by atoms with Crippen molar-refractivity contribution in [3.63, 3.8) is 0 Å². The Bertz CT molecular complexity index is 1230. The van der Waals surface area contributed by atoms with Gasteiger partial charge in [-0.05, 0) is 102 Å². The average molecular weight is 519 g/mol. The van der Waals surface area contributed by atoms with Gasteiger partial charge >= 0.3 is 0 Å². The predicted molar refractivity (Wildman–Crippen MR) is 170 cm³/mol. The standard InChI is InChI=1S/C37H46N2/c1-5-7-9-36(34-21-19-32(38)23-26(34)3)30-15-11-28(12-16-30)25-29-13-17-31(18-14-29)37(10-8-6-2)35-22-20-33(39)24-27(35)4/h11-24,36-37H,5-10,25,38-39H2,1-4H3. The van der Waals surface area contributed by atoms with Crippen LogP contribution in [0.15, 0.2) is 84.9 Å². The van der Waals surface area contributed by atoms with Gasteiger partial charge in [0, 0.05) is 23.2 Å². The molecule has 0 aliphatic rings. The van der Waals surface area contributed by atoms with Crippen molar-refractivity contribution in [2.75, 3.05) is 11.5 Å². The summed E-state index contributed by atoms with van der Waals surface area (Å²) in [5.41, 5.74) is 24.6. The van der Waals surface area contributed by atoms with Crippen LogP contribution in [0.5, 0.6) is 0 Å². The molecule has 39 heavy (non-hydrogen) atoms. The molecule has 4 aromatic carbocycles. The summed E-state index contributed by atoms with van der Waals surface area (Å²) in [5, 5.41) is 0. The van der Waals surface area contributed by atoms with E-state index >= 15 is 0 Å². The second kappa shape index (κ2) is 13.5. The molecule has 204 valence electrons. The average Bonchev–Trinajstić information content (AvgIpc) is 2.92. The molecule has 0 spiro atoms. The van der Waals surface area contributed by atoms with E-state index < -0.39 is 0 Å². The van der Waals surface area contributed by atoms with E-state index in [0.717, 1.165) is 30.6 Å². The van der Waals surface area contributed by atoms with Crippen molar-refractivity contribution in [3.05, 3.63) is 129 Å². The van der Waals surface area contributed by atoms with Crippen molar-refractivity contribution in [1.82, 2.24) is 0 Å². The van der Waals surface area contributed by atoms with E-state index in [1.807, 2.05) is 12.1 Å². The first-order chi connectivity index (χ1) is 18.9. The molecule has 2 unspecified atom stereocenters. The van der Waals surface area contributed by atoms with Gasteiger partial charge in [-0.2, -0.15) is 0 Å². The number of hydrogen-bond acceptors (Lipinski definition) is 2. The molecule has 0 fully saturated rings. The van der Waals surface area contributed by atoms with Crippen LogP contribution in [-0.2, 0) is 6.42 Å². The van der Waals surface area contributed by atoms with Crippen molar-refractivity contribution >= 4 is 11.4 Å². The summed E-state index contributed by atoms with van der Waals surface area (Å²) >= 11 is 0. The molecule has 0 aliphatic carbocycles. The first-order valence-corrected chi connectivity index (χ1v) is 14.8. The van der Waals surface area contributed by atoms with Gasteiger partial charge in [0.2, 0.25) is 0 Å². The zero-order valence-electron chi connectivity index (χ0n) is 24.3. The van der Waals surface area contributed by atoms with Crippen LogP contribution in [0.1, 0.15) is 109 Å². The molecule has 2 nitrogen and oxygen atoms in total. The maximum absolute atomic E-state index is 6.04. The summed E-state index contributed by atoms with van der Waals surface area (Å²) in [6.07, 6.45) is 8.12. The lowest BCUT2D eigenvalue weighted by molar-refractivity contribution is 0.647. The highest BCUT2D eigenvalue weighted by Crippen LogP contribution is 2.35. The quantitative estimate of drug-likeness (QED) is 0.183. The number of nitrogen functional groups attached to an aromatic ring is 2. The molecule has 4 aromatic rings. The number of hydrogen-bond donors (Lipinski definition) is 2. The third-order valence-corrected chi connectivity index (χ3v) is 8.20. The van der Waals surface area contributed by atoms with E-state index in [0.29, 0.717) is 11.8 Å². The second-order valence-electron chi connectivity index (χ2n) is 11.3. The fourth-order valence-electron chi connectivity index (χ4n) is 5.97. The molecule has 2 heteroatoms. The highest BCUT2D eigenvalue weighted by Gasteiger charge is 2.18.